The second kappa shape index (κ2) is 9.68. The SMILES string of the molecule is CCS(=O)(=O)c1ccc(F)c(-c2c3c([n+]([O-])c(C4CCCCC4)c2NS(=O)[O-])CCCC3)c1. The van der Waals surface area contributed by atoms with E-state index in [1.54, 1.807) is 0 Å². The molecule has 0 spiro atoms. The summed E-state index contributed by atoms with van der Waals surface area (Å²) in [5.41, 5.74) is 1.82. The van der Waals surface area contributed by atoms with E-state index in [4.69, 9.17) is 0 Å². The Hall–Kier alpha value is -2.04. The summed E-state index contributed by atoms with van der Waals surface area (Å²) >= 11 is -2.75. The molecule has 4 rings (SSSR count). The van der Waals surface area contributed by atoms with Crippen LogP contribution in [0.3, 0.4) is 0 Å². The third kappa shape index (κ3) is 4.65. The van der Waals surface area contributed by atoms with Crippen molar-refractivity contribution >= 4 is 26.8 Å². The number of hydrogen-bond donors (Lipinski definition) is 1. The minimum atomic E-state index is -3.62. The molecule has 1 unspecified atom stereocenters. The van der Waals surface area contributed by atoms with E-state index >= 15 is 4.39 Å². The van der Waals surface area contributed by atoms with Gasteiger partial charge in [0.15, 0.2) is 15.5 Å². The number of rotatable bonds is 6. The number of benzene rings is 1. The highest BCUT2D eigenvalue weighted by Crippen LogP contribution is 2.44. The average Bonchev–Trinajstić information content (AvgIpc) is 2.80. The van der Waals surface area contributed by atoms with Gasteiger partial charge in [-0.2, -0.15) is 4.73 Å². The van der Waals surface area contributed by atoms with Crippen LogP contribution in [0.25, 0.3) is 11.1 Å². The van der Waals surface area contributed by atoms with Crippen LogP contribution in [0.4, 0.5) is 10.1 Å². The summed E-state index contributed by atoms with van der Waals surface area (Å²) in [6.07, 6.45) is 6.98. The van der Waals surface area contributed by atoms with E-state index in [1.807, 2.05) is 0 Å². The average molecular weight is 496 g/mol. The van der Waals surface area contributed by atoms with Gasteiger partial charge in [0, 0.05) is 40.3 Å². The molecule has 33 heavy (non-hydrogen) atoms. The van der Waals surface area contributed by atoms with E-state index in [0.717, 1.165) is 55.7 Å². The standard InChI is InChI=1S/C23H29FN2O5S2/c1-2-33(30,31)16-12-13-19(24)18(14-16)21-17-10-6-7-11-20(17)26(27)23(22(21)25-32(28)29)15-8-4-3-5-9-15/h12-15,25H,2-11H2,1H3,(H,28,29)/p-1. The van der Waals surface area contributed by atoms with Crippen molar-refractivity contribution in [3.8, 4) is 11.1 Å². The maximum Gasteiger partial charge on any atom is 0.220 e. The van der Waals surface area contributed by atoms with Crippen LogP contribution in [-0.2, 0) is 33.9 Å². The molecule has 1 fully saturated rings. The van der Waals surface area contributed by atoms with Crippen LogP contribution in [0.5, 0.6) is 0 Å². The normalized spacial score (nSPS) is 18.0. The van der Waals surface area contributed by atoms with Crippen LogP contribution in [0, 0.1) is 11.0 Å². The molecule has 1 atom stereocenters. The molecule has 2 aliphatic carbocycles. The van der Waals surface area contributed by atoms with E-state index in [9.17, 15) is 22.4 Å². The number of anilines is 1. The van der Waals surface area contributed by atoms with Crippen LogP contribution in [0.15, 0.2) is 23.1 Å². The smallest absolute Gasteiger partial charge is 0.220 e. The largest absolute Gasteiger partial charge is 0.755 e. The summed E-state index contributed by atoms with van der Waals surface area (Å²) in [4.78, 5) is -0.0294. The Kier molecular flexibility index (Phi) is 7.07. The molecule has 1 saturated carbocycles. The molecule has 1 heterocycles. The maximum absolute atomic E-state index is 15.2. The molecule has 0 aliphatic heterocycles. The molecule has 2 aliphatic rings. The van der Waals surface area contributed by atoms with Gasteiger partial charge in [-0.1, -0.05) is 26.2 Å². The molecule has 0 bridgehead atoms. The van der Waals surface area contributed by atoms with Crippen molar-refractivity contribution in [3.05, 3.63) is 46.2 Å². The van der Waals surface area contributed by atoms with Gasteiger partial charge in [0.05, 0.1) is 10.6 Å². The summed E-state index contributed by atoms with van der Waals surface area (Å²) in [7, 11) is -3.62. The number of nitrogens with one attached hydrogen (secondary N) is 1. The number of hydrogen-bond acceptors (Lipinski definition) is 5. The Balaban J connectivity index is 2.07. The van der Waals surface area contributed by atoms with Crippen molar-refractivity contribution in [2.45, 2.75) is 75.5 Å². The van der Waals surface area contributed by atoms with E-state index < -0.39 is 26.9 Å². The molecule has 1 N–H and O–H groups in total. The summed E-state index contributed by atoms with van der Waals surface area (Å²) < 4.78 is 67.2. The van der Waals surface area contributed by atoms with Crippen molar-refractivity contribution in [1.82, 2.24) is 0 Å². The van der Waals surface area contributed by atoms with Gasteiger partial charge in [0.25, 0.3) is 0 Å². The lowest BCUT2D eigenvalue weighted by Crippen LogP contribution is -2.42. The summed E-state index contributed by atoms with van der Waals surface area (Å²) in [6, 6.07) is 3.60. The van der Waals surface area contributed by atoms with Gasteiger partial charge < -0.3 is 14.5 Å². The summed E-state index contributed by atoms with van der Waals surface area (Å²) in [5.74, 6) is -0.955. The van der Waals surface area contributed by atoms with Crippen LogP contribution < -0.4 is 9.45 Å². The van der Waals surface area contributed by atoms with E-state index in [-0.39, 0.29) is 27.8 Å². The zero-order valence-electron chi connectivity index (χ0n) is 18.6. The molecule has 0 amide bonds. The summed E-state index contributed by atoms with van der Waals surface area (Å²) in [5, 5.41) is 13.5. The third-order valence-corrected chi connectivity index (χ3v) is 8.94. The van der Waals surface area contributed by atoms with E-state index in [1.165, 1.54) is 19.1 Å². The van der Waals surface area contributed by atoms with Gasteiger partial charge >= 0.3 is 0 Å². The van der Waals surface area contributed by atoms with Crippen LogP contribution >= 0.6 is 0 Å². The van der Waals surface area contributed by atoms with Gasteiger partial charge in [-0.05, 0) is 50.3 Å². The molecule has 0 saturated heterocycles. The summed E-state index contributed by atoms with van der Waals surface area (Å²) in [6.45, 7) is 1.51. The Labute approximate surface area is 196 Å². The number of sulfone groups is 1. The number of nitrogens with zero attached hydrogens (tertiary/aromatic N) is 1. The van der Waals surface area contributed by atoms with Crippen molar-refractivity contribution in [2.75, 3.05) is 10.5 Å². The van der Waals surface area contributed by atoms with Gasteiger partial charge in [-0.3, -0.25) is 4.21 Å². The van der Waals surface area contributed by atoms with Gasteiger partial charge in [-0.25, -0.2) is 12.8 Å². The van der Waals surface area contributed by atoms with Crippen LogP contribution in [0.1, 0.15) is 74.7 Å². The van der Waals surface area contributed by atoms with Crippen LogP contribution in [0.2, 0.25) is 0 Å². The lowest BCUT2D eigenvalue weighted by molar-refractivity contribution is -0.624. The fourth-order valence-corrected chi connectivity index (χ4v) is 6.47. The van der Waals surface area contributed by atoms with Gasteiger partial charge in [-0.15, -0.1) is 0 Å². The minimum Gasteiger partial charge on any atom is -0.755 e. The predicted octanol–water partition coefficient (Wildman–Crippen LogP) is 4.05. The lowest BCUT2D eigenvalue weighted by atomic mass is 9.81. The van der Waals surface area contributed by atoms with Crippen molar-refractivity contribution in [2.24, 2.45) is 0 Å². The lowest BCUT2D eigenvalue weighted by Gasteiger charge is -2.29. The fourth-order valence-electron chi connectivity index (χ4n) is 5.19. The minimum absolute atomic E-state index is 0.00767. The predicted molar refractivity (Wildman–Crippen MR) is 124 cm³/mol. The fraction of sp³-hybridized carbons (Fsp3) is 0.522. The zero-order valence-corrected chi connectivity index (χ0v) is 20.2. The van der Waals surface area contributed by atoms with Gasteiger partial charge in [0.2, 0.25) is 5.69 Å². The Morgan fingerprint density at radius 3 is 2.52 bits per heavy atom. The first-order valence-corrected chi connectivity index (χ1v) is 14.2. The second-order valence-electron chi connectivity index (χ2n) is 8.78. The molecule has 7 nitrogen and oxygen atoms in total. The second-order valence-corrected chi connectivity index (χ2v) is 11.7. The molecule has 0 radical (unpaired) electrons. The first kappa shape index (κ1) is 24.1. The van der Waals surface area contributed by atoms with Crippen molar-refractivity contribution in [1.29, 1.82) is 0 Å². The molecular formula is C23H28FN2O5S2-. The van der Waals surface area contributed by atoms with Crippen LogP contribution in [-0.4, -0.2) is 22.9 Å². The first-order valence-electron chi connectivity index (χ1n) is 11.4. The highest BCUT2D eigenvalue weighted by Gasteiger charge is 2.36. The van der Waals surface area contributed by atoms with Gasteiger partial charge in [0.1, 0.15) is 11.5 Å². The number of aromatic nitrogens is 1. The van der Waals surface area contributed by atoms with E-state index in [2.05, 4.69) is 4.72 Å². The molecule has 2 aromatic rings. The molecular weight excluding hydrogens is 467 g/mol. The Morgan fingerprint density at radius 2 is 1.85 bits per heavy atom. The number of pyridine rings is 1. The van der Waals surface area contributed by atoms with Crippen molar-refractivity contribution in [3.63, 3.8) is 0 Å². The number of fused-ring (bicyclic) bond motifs is 1. The topological polar surface area (TPSA) is 113 Å². The highest BCUT2D eigenvalue weighted by molar-refractivity contribution is 7.91. The Morgan fingerprint density at radius 1 is 1.15 bits per heavy atom. The molecule has 10 heteroatoms. The monoisotopic (exact) mass is 495 g/mol. The molecule has 1 aromatic carbocycles. The quantitative estimate of drug-likeness (QED) is 0.281. The zero-order chi connectivity index (χ0) is 23.8. The van der Waals surface area contributed by atoms with Crippen molar-refractivity contribution < 1.29 is 26.3 Å². The molecule has 180 valence electrons. The number of halogens is 1. The third-order valence-electron chi connectivity index (χ3n) is 6.83. The van der Waals surface area contributed by atoms with E-state index in [0.29, 0.717) is 35.4 Å². The Bertz CT molecular complexity index is 1190. The molecule has 1 aromatic heterocycles. The highest BCUT2D eigenvalue weighted by atomic mass is 32.2. The maximum atomic E-state index is 15.2. The first-order chi connectivity index (χ1) is 15.7.